The number of aryl methyl sites for hydroxylation is 1. The molecule has 0 fully saturated rings. The zero-order chi connectivity index (χ0) is 16.0. The van der Waals surface area contributed by atoms with Crippen LogP contribution in [-0.2, 0) is 0 Å². The zero-order valence-electron chi connectivity index (χ0n) is 11.4. The van der Waals surface area contributed by atoms with E-state index in [2.05, 4.69) is 0 Å². The second-order valence-electron chi connectivity index (χ2n) is 4.90. The molecule has 1 heterocycles. The van der Waals surface area contributed by atoms with Gasteiger partial charge in [-0.05, 0) is 36.8 Å². The highest BCUT2D eigenvalue weighted by atomic mass is 16.6. The molecular weight excluding hydrogens is 288 g/mol. The number of phenols is 1. The Morgan fingerprint density at radius 3 is 2.36 bits per heavy atom. The number of hydrogen-bond donors (Lipinski definition) is 1. The Bertz CT molecular complexity index is 844. The van der Waals surface area contributed by atoms with Crippen LogP contribution in [0.25, 0.3) is 0 Å². The quantitative estimate of drug-likeness (QED) is 0.521. The van der Waals surface area contributed by atoms with Gasteiger partial charge in [0.1, 0.15) is 5.75 Å². The van der Waals surface area contributed by atoms with Crippen LogP contribution in [0.2, 0.25) is 0 Å². The number of nitrogens with zero attached hydrogens (tertiary/aromatic N) is 2. The topological polar surface area (TPSA) is 101 Å². The summed E-state index contributed by atoms with van der Waals surface area (Å²) >= 11 is 0. The van der Waals surface area contributed by atoms with Crippen molar-refractivity contribution >= 4 is 23.2 Å². The number of non-ortho nitro benzene ring substituents is 1. The van der Waals surface area contributed by atoms with Gasteiger partial charge in [0.15, 0.2) is 0 Å². The number of anilines is 1. The smallest absolute Gasteiger partial charge is 0.270 e. The number of amides is 2. The number of nitro benzene ring substituents is 1. The first-order valence-electron chi connectivity index (χ1n) is 6.37. The standard InChI is InChI=1S/C15H10N2O5/c1-8-6-10(18)3-5-13(8)16-14(19)11-4-2-9(17(21)22)7-12(11)15(16)20/h2-7,18H,1H3. The van der Waals surface area contributed by atoms with Crippen LogP contribution in [0.15, 0.2) is 36.4 Å². The molecule has 0 saturated heterocycles. The molecule has 1 aliphatic rings. The predicted molar refractivity (Wildman–Crippen MR) is 77.1 cm³/mol. The minimum absolute atomic E-state index is 0.00618. The van der Waals surface area contributed by atoms with Crippen LogP contribution >= 0.6 is 0 Å². The molecule has 3 rings (SSSR count). The molecule has 7 nitrogen and oxygen atoms in total. The largest absolute Gasteiger partial charge is 0.508 e. The number of imide groups is 1. The Kier molecular flexibility index (Phi) is 2.91. The number of fused-ring (bicyclic) bond motifs is 1. The Morgan fingerprint density at radius 2 is 1.73 bits per heavy atom. The molecule has 0 radical (unpaired) electrons. The Morgan fingerprint density at radius 1 is 1.05 bits per heavy atom. The zero-order valence-corrected chi connectivity index (χ0v) is 11.4. The van der Waals surface area contributed by atoms with Crippen LogP contribution in [0.5, 0.6) is 5.75 Å². The van der Waals surface area contributed by atoms with Crippen molar-refractivity contribution in [3.8, 4) is 5.75 Å². The number of aromatic hydroxyl groups is 1. The lowest BCUT2D eigenvalue weighted by Crippen LogP contribution is -2.29. The van der Waals surface area contributed by atoms with Gasteiger partial charge < -0.3 is 5.11 Å². The summed E-state index contributed by atoms with van der Waals surface area (Å²) in [7, 11) is 0. The maximum absolute atomic E-state index is 12.4. The lowest BCUT2D eigenvalue weighted by Gasteiger charge is -2.16. The van der Waals surface area contributed by atoms with Crippen LogP contribution < -0.4 is 4.90 Å². The van der Waals surface area contributed by atoms with E-state index in [0.29, 0.717) is 11.3 Å². The van der Waals surface area contributed by atoms with E-state index in [1.54, 1.807) is 6.92 Å². The average Bonchev–Trinajstić information content (AvgIpc) is 2.71. The molecule has 1 N–H and O–H groups in total. The van der Waals surface area contributed by atoms with E-state index in [1.165, 1.54) is 30.3 Å². The number of phenolic OH excluding ortho intramolecular Hbond substituents is 1. The average molecular weight is 298 g/mol. The van der Waals surface area contributed by atoms with Gasteiger partial charge in [-0.15, -0.1) is 0 Å². The van der Waals surface area contributed by atoms with Gasteiger partial charge in [-0.2, -0.15) is 0 Å². The Labute approximate surface area is 124 Å². The highest BCUT2D eigenvalue weighted by molar-refractivity contribution is 6.34. The number of benzene rings is 2. The SMILES string of the molecule is Cc1cc(O)ccc1N1C(=O)c2ccc([N+](=O)[O-])cc2C1=O. The summed E-state index contributed by atoms with van der Waals surface area (Å²) in [6, 6.07) is 7.84. The lowest BCUT2D eigenvalue weighted by molar-refractivity contribution is -0.384. The molecule has 0 atom stereocenters. The number of carbonyl (C=O) groups is 2. The third-order valence-electron chi connectivity index (χ3n) is 3.50. The summed E-state index contributed by atoms with van der Waals surface area (Å²) in [5.74, 6) is -1.13. The van der Waals surface area contributed by atoms with Gasteiger partial charge in [0.05, 0.1) is 21.7 Å². The number of nitro groups is 1. The first kappa shape index (κ1) is 13.7. The molecule has 0 aromatic heterocycles. The van der Waals surface area contributed by atoms with Gasteiger partial charge in [0.25, 0.3) is 17.5 Å². The summed E-state index contributed by atoms with van der Waals surface area (Å²) in [4.78, 5) is 36.0. The number of rotatable bonds is 2. The van der Waals surface area contributed by atoms with Crippen molar-refractivity contribution in [2.24, 2.45) is 0 Å². The summed E-state index contributed by atoms with van der Waals surface area (Å²) < 4.78 is 0. The molecule has 0 unspecified atom stereocenters. The molecule has 22 heavy (non-hydrogen) atoms. The van der Waals surface area contributed by atoms with Gasteiger partial charge in [-0.3, -0.25) is 19.7 Å². The van der Waals surface area contributed by atoms with Crippen molar-refractivity contribution in [3.63, 3.8) is 0 Å². The van der Waals surface area contributed by atoms with E-state index < -0.39 is 16.7 Å². The second kappa shape index (κ2) is 4.66. The molecule has 0 spiro atoms. The van der Waals surface area contributed by atoms with Crippen LogP contribution in [-0.4, -0.2) is 21.8 Å². The van der Waals surface area contributed by atoms with E-state index in [4.69, 9.17) is 0 Å². The Hall–Kier alpha value is -3.22. The fourth-order valence-corrected chi connectivity index (χ4v) is 2.45. The second-order valence-corrected chi connectivity index (χ2v) is 4.90. The van der Waals surface area contributed by atoms with E-state index >= 15 is 0 Å². The fourth-order valence-electron chi connectivity index (χ4n) is 2.45. The van der Waals surface area contributed by atoms with Gasteiger partial charge in [0.2, 0.25) is 0 Å². The summed E-state index contributed by atoms with van der Waals surface area (Å²) in [5.41, 5.74) is 0.773. The minimum atomic E-state index is -0.619. The van der Waals surface area contributed by atoms with Crippen LogP contribution in [0.1, 0.15) is 26.3 Å². The molecule has 0 saturated carbocycles. The Balaban J connectivity index is 2.12. The van der Waals surface area contributed by atoms with Gasteiger partial charge in [0, 0.05) is 12.1 Å². The molecule has 0 aliphatic carbocycles. The molecule has 2 aromatic carbocycles. The molecule has 2 amide bonds. The lowest BCUT2D eigenvalue weighted by atomic mass is 10.1. The van der Waals surface area contributed by atoms with Gasteiger partial charge in [-0.25, -0.2) is 4.90 Å². The van der Waals surface area contributed by atoms with E-state index in [0.717, 1.165) is 11.0 Å². The highest BCUT2D eigenvalue weighted by Crippen LogP contribution is 2.33. The fraction of sp³-hybridized carbons (Fsp3) is 0.0667. The number of hydrogen-bond acceptors (Lipinski definition) is 5. The van der Waals surface area contributed by atoms with Crippen LogP contribution in [0, 0.1) is 17.0 Å². The van der Waals surface area contributed by atoms with E-state index in [9.17, 15) is 24.8 Å². The predicted octanol–water partition coefficient (Wildman–Crippen LogP) is 2.41. The normalized spacial score (nSPS) is 13.4. The maximum Gasteiger partial charge on any atom is 0.270 e. The molecule has 110 valence electrons. The van der Waals surface area contributed by atoms with Crippen molar-refractivity contribution in [1.29, 1.82) is 0 Å². The van der Waals surface area contributed by atoms with Gasteiger partial charge in [-0.1, -0.05) is 0 Å². The summed E-state index contributed by atoms with van der Waals surface area (Å²) in [6.45, 7) is 1.65. The molecule has 7 heteroatoms. The number of carbonyl (C=O) groups excluding carboxylic acids is 2. The van der Waals surface area contributed by atoms with E-state index in [1.807, 2.05) is 0 Å². The highest BCUT2D eigenvalue weighted by Gasteiger charge is 2.38. The van der Waals surface area contributed by atoms with Crippen molar-refractivity contribution < 1.29 is 19.6 Å². The van der Waals surface area contributed by atoms with Crippen molar-refractivity contribution in [2.75, 3.05) is 4.90 Å². The minimum Gasteiger partial charge on any atom is -0.508 e. The van der Waals surface area contributed by atoms with Crippen LogP contribution in [0.4, 0.5) is 11.4 Å². The molecule has 1 aliphatic heterocycles. The van der Waals surface area contributed by atoms with Crippen molar-refractivity contribution in [1.82, 2.24) is 0 Å². The van der Waals surface area contributed by atoms with Gasteiger partial charge >= 0.3 is 0 Å². The van der Waals surface area contributed by atoms with Crippen molar-refractivity contribution in [2.45, 2.75) is 6.92 Å². The summed E-state index contributed by atoms with van der Waals surface area (Å²) in [5, 5.41) is 20.2. The van der Waals surface area contributed by atoms with Crippen LogP contribution in [0.3, 0.4) is 0 Å². The first-order valence-corrected chi connectivity index (χ1v) is 6.37. The molecular formula is C15H10N2O5. The van der Waals surface area contributed by atoms with Crippen molar-refractivity contribution in [3.05, 3.63) is 63.2 Å². The maximum atomic E-state index is 12.4. The first-order chi connectivity index (χ1) is 10.4. The third kappa shape index (κ3) is 1.91. The molecule has 0 bridgehead atoms. The monoisotopic (exact) mass is 298 g/mol. The third-order valence-corrected chi connectivity index (χ3v) is 3.50. The molecule has 2 aromatic rings. The summed E-state index contributed by atoms with van der Waals surface area (Å²) in [6.07, 6.45) is 0. The van der Waals surface area contributed by atoms with E-state index in [-0.39, 0.29) is 22.6 Å².